The maximum absolute atomic E-state index is 12.1. The molecule has 3 N–H and O–H groups in total. The van der Waals surface area contributed by atoms with Gasteiger partial charge in [0, 0.05) is 28.4 Å². The summed E-state index contributed by atoms with van der Waals surface area (Å²) in [5, 5.41) is 7.51. The second kappa shape index (κ2) is 7.59. The zero-order chi connectivity index (χ0) is 17.6. The summed E-state index contributed by atoms with van der Waals surface area (Å²) in [5.41, 5.74) is 1.15. The molecule has 0 spiro atoms. The van der Waals surface area contributed by atoms with Crippen LogP contribution in [-0.2, 0) is 6.54 Å². The van der Waals surface area contributed by atoms with Crippen LogP contribution in [0, 0.1) is 0 Å². The fourth-order valence-electron chi connectivity index (χ4n) is 2.14. The Kier molecular flexibility index (Phi) is 5.06. The van der Waals surface area contributed by atoms with E-state index in [4.69, 9.17) is 0 Å². The van der Waals surface area contributed by atoms with Gasteiger partial charge in [0.15, 0.2) is 0 Å². The Morgan fingerprint density at radius 1 is 0.960 bits per heavy atom. The average molecular weight is 353 g/mol. The number of benzene rings is 1. The largest absolute Gasteiger partial charge is 0.347 e. The minimum atomic E-state index is -0.342. The number of aromatic nitrogens is 1. The van der Waals surface area contributed by atoms with E-state index in [0.717, 1.165) is 4.88 Å². The molecule has 2 heterocycles. The first-order valence-corrected chi connectivity index (χ1v) is 8.40. The van der Waals surface area contributed by atoms with Gasteiger partial charge in [-0.2, -0.15) is 0 Å². The van der Waals surface area contributed by atoms with Gasteiger partial charge in [-0.25, -0.2) is 0 Å². The van der Waals surface area contributed by atoms with Crippen molar-refractivity contribution in [2.75, 3.05) is 5.32 Å². The summed E-state index contributed by atoms with van der Waals surface area (Å²) in [6.45, 7) is 0.487. The van der Waals surface area contributed by atoms with Crippen LogP contribution in [0.4, 0.5) is 5.69 Å². The third kappa shape index (κ3) is 4.42. The molecular weight excluding hydrogens is 338 g/mol. The normalized spacial score (nSPS) is 10.2. The topological polar surface area (TPSA) is 91.1 Å². The van der Waals surface area contributed by atoms with E-state index in [1.807, 2.05) is 17.5 Å². The van der Waals surface area contributed by atoms with Crippen LogP contribution in [0.5, 0.6) is 0 Å². The molecule has 0 aliphatic carbocycles. The lowest BCUT2D eigenvalue weighted by Gasteiger charge is -2.07. The van der Waals surface area contributed by atoms with E-state index in [-0.39, 0.29) is 17.4 Å². The summed E-state index contributed by atoms with van der Waals surface area (Å²) >= 11 is 1.58. The fourth-order valence-corrected chi connectivity index (χ4v) is 2.79. The summed E-state index contributed by atoms with van der Waals surface area (Å²) < 4.78 is 0. The highest BCUT2D eigenvalue weighted by molar-refractivity contribution is 7.09. The van der Waals surface area contributed by atoms with Gasteiger partial charge in [0.1, 0.15) is 0 Å². The molecule has 6 nitrogen and oxygen atoms in total. The molecule has 0 radical (unpaired) electrons. The third-order valence-corrected chi connectivity index (χ3v) is 4.33. The van der Waals surface area contributed by atoms with E-state index in [0.29, 0.717) is 23.4 Å². The van der Waals surface area contributed by atoms with Crippen LogP contribution in [0.2, 0.25) is 0 Å². The van der Waals surface area contributed by atoms with Crippen molar-refractivity contribution in [3.05, 3.63) is 86.5 Å². The Hall–Kier alpha value is -3.19. The molecule has 2 amide bonds. The van der Waals surface area contributed by atoms with Crippen LogP contribution in [0.3, 0.4) is 0 Å². The molecule has 1 aromatic carbocycles. The lowest BCUT2D eigenvalue weighted by molar-refractivity contribution is 0.0950. The predicted molar refractivity (Wildman–Crippen MR) is 96.9 cm³/mol. The Bertz CT molecular complexity index is 910. The van der Waals surface area contributed by atoms with Crippen molar-refractivity contribution in [2.24, 2.45) is 0 Å². The van der Waals surface area contributed by atoms with Gasteiger partial charge in [-0.3, -0.25) is 14.4 Å². The Balaban J connectivity index is 1.59. The summed E-state index contributed by atoms with van der Waals surface area (Å²) in [6.07, 6.45) is 1.35. The average Bonchev–Trinajstić information content (AvgIpc) is 3.14. The molecule has 0 aliphatic rings. The van der Waals surface area contributed by atoms with E-state index in [9.17, 15) is 14.4 Å². The molecule has 0 fully saturated rings. The van der Waals surface area contributed by atoms with Crippen LogP contribution in [0.15, 0.2) is 64.9 Å². The van der Waals surface area contributed by atoms with Crippen LogP contribution in [-0.4, -0.2) is 16.8 Å². The van der Waals surface area contributed by atoms with Crippen molar-refractivity contribution in [2.45, 2.75) is 6.54 Å². The lowest BCUT2D eigenvalue weighted by Crippen LogP contribution is -2.22. The second-order valence-corrected chi connectivity index (χ2v) is 6.27. The van der Waals surface area contributed by atoms with Crippen molar-refractivity contribution in [3.8, 4) is 0 Å². The van der Waals surface area contributed by atoms with Crippen LogP contribution in [0.1, 0.15) is 25.6 Å². The highest BCUT2D eigenvalue weighted by Gasteiger charge is 2.08. The number of carbonyl (C=O) groups excluding carboxylic acids is 2. The number of nitrogens with one attached hydrogen (secondary N) is 3. The van der Waals surface area contributed by atoms with Crippen molar-refractivity contribution >= 4 is 28.8 Å². The van der Waals surface area contributed by atoms with Crippen molar-refractivity contribution in [1.82, 2.24) is 10.3 Å². The molecule has 2 aromatic heterocycles. The molecule has 25 heavy (non-hydrogen) atoms. The maximum Gasteiger partial charge on any atom is 0.257 e. The van der Waals surface area contributed by atoms with Gasteiger partial charge in [-0.1, -0.05) is 6.07 Å². The highest BCUT2D eigenvalue weighted by atomic mass is 32.1. The van der Waals surface area contributed by atoms with E-state index in [1.165, 1.54) is 18.3 Å². The van der Waals surface area contributed by atoms with Crippen LogP contribution >= 0.6 is 11.3 Å². The number of carbonyl (C=O) groups is 2. The molecule has 3 rings (SSSR count). The van der Waals surface area contributed by atoms with Gasteiger partial charge in [0.2, 0.25) is 5.56 Å². The van der Waals surface area contributed by atoms with Gasteiger partial charge >= 0.3 is 0 Å². The first-order chi connectivity index (χ1) is 12.1. The van der Waals surface area contributed by atoms with Gasteiger partial charge in [-0.05, 0) is 41.8 Å². The Labute approximate surface area is 147 Å². The monoisotopic (exact) mass is 353 g/mol. The highest BCUT2D eigenvalue weighted by Crippen LogP contribution is 2.12. The van der Waals surface area contributed by atoms with E-state index < -0.39 is 0 Å². The number of hydrogen-bond donors (Lipinski definition) is 3. The van der Waals surface area contributed by atoms with E-state index in [2.05, 4.69) is 15.6 Å². The van der Waals surface area contributed by atoms with Crippen LogP contribution in [0.25, 0.3) is 0 Å². The number of thiophene rings is 1. The quantitative estimate of drug-likeness (QED) is 0.658. The maximum atomic E-state index is 12.1. The van der Waals surface area contributed by atoms with Gasteiger partial charge < -0.3 is 15.6 Å². The zero-order valence-corrected chi connectivity index (χ0v) is 13.9. The molecular formula is C18H15N3O3S. The first-order valence-electron chi connectivity index (χ1n) is 7.52. The summed E-state index contributed by atoms with van der Waals surface area (Å²) in [5.74, 6) is -0.516. The van der Waals surface area contributed by atoms with Crippen molar-refractivity contribution in [1.29, 1.82) is 0 Å². The molecule has 0 unspecified atom stereocenters. The SMILES string of the molecule is O=C(NCc1cccs1)c1ccc(NC(=O)c2ccc(=O)[nH]c2)cc1. The second-order valence-electron chi connectivity index (χ2n) is 5.24. The molecule has 0 bridgehead atoms. The smallest absolute Gasteiger partial charge is 0.257 e. The fraction of sp³-hybridized carbons (Fsp3) is 0.0556. The standard InChI is InChI=1S/C18H15N3O3S/c22-16-8-5-13(10-19-16)18(24)21-14-6-3-12(4-7-14)17(23)20-11-15-2-1-9-25-15/h1-10H,11H2,(H,19,22)(H,20,23)(H,21,24). The minimum Gasteiger partial charge on any atom is -0.347 e. The number of anilines is 1. The van der Waals surface area contributed by atoms with Gasteiger partial charge in [0.05, 0.1) is 12.1 Å². The number of H-pyrrole nitrogens is 1. The molecule has 3 aromatic rings. The molecule has 0 aliphatic heterocycles. The molecule has 0 saturated heterocycles. The number of aromatic amines is 1. The van der Waals surface area contributed by atoms with Gasteiger partial charge in [-0.15, -0.1) is 11.3 Å². The lowest BCUT2D eigenvalue weighted by atomic mass is 10.2. The van der Waals surface area contributed by atoms with E-state index >= 15 is 0 Å². The molecule has 7 heteroatoms. The summed E-state index contributed by atoms with van der Waals surface area (Å²) in [4.78, 5) is 38.7. The molecule has 126 valence electrons. The number of hydrogen-bond acceptors (Lipinski definition) is 4. The minimum absolute atomic E-state index is 0.174. The third-order valence-electron chi connectivity index (χ3n) is 3.45. The van der Waals surface area contributed by atoms with Gasteiger partial charge in [0.25, 0.3) is 11.8 Å². The summed E-state index contributed by atoms with van der Waals surface area (Å²) in [7, 11) is 0. The Morgan fingerprint density at radius 2 is 1.72 bits per heavy atom. The predicted octanol–water partition coefficient (Wildman–Crippen LogP) is 2.62. The molecule has 0 atom stereocenters. The number of amides is 2. The van der Waals surface area contributed by atoms with Crippen molar-refractivity contribution < 1.29 is 9.59 Å². The van der Waals surface area contributed by atoms with Crippen LogP contribution < -0.4 is 16.2 Å². The molecule has 0 saturated carbocycles. The zero-order valence-electron chi connectivity index (χ0n) is 13.1. The summed E-state index contributed by atoms with van der Waals surface area (Å²) in [6, 6.07) is 13.2. The van der Waals surface area contributed by atoms with E-state index in [1.54, 1.807) is 35.6 Å². The Morgan fingerprint density at radius 3 is 2.36 bits per heavy atom. The first kappa shape index (κ1) is 16.7. The number of pyridine rings is 1. The number of rotatable bonds is 5. The van der Waals surface area contributed by atoms with Crippen molar-refractivity contribution in [3.63, 3.8) is 0 Å².